The molecule has 1 aromatic rings. The molecule has 0 aromatic heterocycles. The first-order valence-corrected chi connectivity index (χ1v) is 9.76. The Balaban J connectivity index is 2.54. The fraction of sp³-hybridized carbons (Fsp3) is 0.444. The summed E-state index contributed by atoms with van der Waals surface area (Å²) in [5, 5.41) is 0. The monoisotopic (exact) mass is 489 g/mol. The quantitative estimate of drug-likeness (QED) is 0.562. The number of unbranched alkanes of at least 4 members (excludes halogenated alkanes) is 1. The van der Waals surface area contributed by atoms with E-state index < -0.39 is 11.9 Å². The zero-order chi connectivity index (χ0) is 19.3. The Morgan fingerprint density at radius 3 is 2.31 bits per heavy atom. The minimum atomic E-state index is -0.623. The average molecular weight is 491 g/mol. The van der Waals surface area contributed by atoms with Crippen LogP contribution in [-0.4, -0.2) is 39.5 Å². The maximum absolute atomic E-state index is 12.4. The largest absolute Gasteiger partial charge is 0.466 e. The summed E-state index contributed by atoms with van der Waals surface area (Å²) in [6.07, 6.45) is 3.15. The molecule has 1 aliphatic rings. The number of carbonyl (C=O) groups is 2. The predicted octanol–water partition coefficient (Wildman–Crippen LogP) is 3.95. The molecule has 0 saturated heterocycles. The smallest absolute Gasteiger partial charge is 0.355 e. The third-order valence-corrected chi connectivity index (χ3v) is 5.21. The van der Waals surface area contributed by atoms with Crippen LogP contribution in [0.5, 0.6) is 0 Å². The van der Waals surface area contributed by atoms with Gasteiger partial charge in [0.1, 0.15) is 12.4 Å². The van der Waals surface area contributed by atoms with E-state index in [-0.39, 0.29) is 24.6 Å². The molecule has 142 valence electrons. The Morgan fingerprint density at radius 1 is 1.15 bits per heavy atom. The van der Waals surface area contributed by atoms with Gasteiger partial charge in [-0.25, -0.2) is 9.59 Å². The number of hydrogen-bond acceptors (Lipinski definition) is 6. The molecule has 1 aromatic carbocycles. The number of carbonyl (C=O) groups excluding carboxylic acids is 2. The Labute approximate surface area is 169 Å². The van der Waals surface area contributed by atoms with Crippen molar-refractivity contribution in [2.24, 2.45) is 0 Å². The molecule has 8 heteroatoms. The highest BCUT2D eigenvalue weighted by Crippen LogP contribution is 2.39. The van der Waals surface area contributed by atoms with Gasteiger partial charge in [0.05, 0.1) is 32.1 Å². The highest BCUT2D eigenvalue weighted by Gasteiger charge is 2.34. The van der Waals surface area contributed by atoms with Gasteiger partial charge < -0.3 is 19.1 Å². The Hall–Kier alpha value is -1.38. The zero-order valence-corrected chi connectivity index (χ0v) is 18.1. The maximum atomic E-state index is 12.4. The van der Waals surface area contributed by atoms with Crippen molar-refractivity contribution in [1.82, 2.24) is 0 Å². The second-order valence-electron chi connectivity index (χ2n) is 5.73. The van der Waals surface area contributed by atoms with Gasteiger partial charge in [-0.05, 0) is 62.4 Å². The summed E-state index contributed by atoms with van der Waals surface area (Å²) in [6.45, 7) is 2.24. The van der Waals surface area contributed by atoms with Gasteiger partial charge in [0.25, 0.3) is 0 Å². The summed E-state index contributed by atoms with van der Waals surface area (Å²) in [6, 6.07) is 4.02. The van der Waals surface area contributed by atoms with Crippen molar-refractivity contribution in [3.05, 3.63) is 37.9 Å². The number of halogens is 2. The predicted molar refractivity (Wildman–Crippen MR) is 105 cm³/mol. The number of hydrogen-bond donors (Lipinski definition) is 0. The second kappa shape index (κ2) is 9.53. The van der Waals surface area contributed by atoms with Crippen LogP contribution < -0.4 is 4.90 Å². The fourth-order valence-corrected chi connectivity index (χ4v) is 4.43. The number of benzene rings is 1. The summed E-state index contributed by atoms with van der Waals surface area (Å²) in [7, 11) is 2.54. The topological polar surface area (TPSA) is 65.1 Å². The molecule has 0 bridgehead atoms. The van der Waals surface area contributed by atoms with Crippen molar-refractivity contribution in [3.8, 4) is 0 Å². The van der Waals surface area contributed by atoms with E-state index in [1.807, 2.05) is 12.1 Å². The lowest BCUT2D eigenvalue weighted by molar-refractivity contribution is -0.140. The molecule has 26 heavy (non-hydrogen) atoms. The first kappa shape index (κ1) is 20.9. The van der Waals surface area contributed by atoms with E-state index in [4.69, 9.17) is 14.2 Å². The molecule has 0 fully saturated rings. The van der Waals surface area contributed by atoms with Crippen molar-refractivity contribution >= 4 is 49.5 Å². The molecule has 1 heterocycles. The van der Waals surface area contributed by atoms with E-state index in [0.717, 1.165) is 28.2 Å². The standard InChI is InChI=1S/C18H21Br2NO5/c1-4-5-6-11-7-13(19)16(14(20)8-11)21-10-26-9-12(17(22)24-2)15(21)18(23)25-3/h7-8H,4-6,9-10H2,1-3H3. The molecule has 0 radical (unpaired) electrons. The molecule has 2 rings (SSSR count). The summed E-state index contributed by atoms with van der Waals surface area (Å²) in [5.74, 6) is -1.25. The zero-order valence-electron chi connectivity index (χ0n) is 14.9. The molecular formula is C18H21Br2NO5. The van der Waals surface area contributed by atoms with Gasteiger partial charge in [0.2, 0.25) is 0 Å². The number of ether oxygens (including phenoxy) is 3. The van der Waals surface area contributed by atoms with Gasteiger partial charge in [-0.1, -0.05) is 13.3 Å². The lowest BCUT2D eigenvalue weighted by Gasteiger charge is -2.32. The Kier molecular flexibility index (Phi) is 7.67. The number of rotatable bonds is 6. The van der Waals surface area contributed by atoms with Crippen LogP contribution in [0, 0.1) is 0 Å². The third kappa shape index (κ3) is 4.47. The maximum Gasteiger partial charge on any atom is 0.355 e. The van der Waals surface area contributed by atoms with E-state index in [0.29, 0.717) is 5.69 Å². The highest BCUT2D eigenvalue weighted by atomic mass is 79.9. The minimum absolute atomic E-state index is 0.0164. The van der Waals surface area contributed by atoms with E-state index >= 15 is 0 Å². The molecule has 0 saturated carbocycles. The van der Waals surface area contributed by atoms with E-state index in [1.165, 1.54) is 19.8 Å². The lowest BCUT2D eigenvalue weighted by atomic mass is 10.1. The fourth-order valence-electron chi connectivity index (χ4n) is 2.72. The molecule has 1 aliphatic heterocycles. The molecule has 0 amide bonds. The van der Waals surface area contributed by atoms with Gasteiger partial charge >= 0.3 is 11.9 Å². The van der Waals surface area contributed by atoms with E-state index in [2.05, 4.69) is 38.8 Å². The summed E-state index contributed by atoms with van der Waals surface area (Å²) >= 11 is 7.16. The number of esters is 2. The van der Waals surface area contributed by atoms with Crippen LogP contribution in [0.25, 0.3) is 0 Å². The van der Waals surface area contributed by atoms with E-state index in [1.54, 1.807) is 4.90 Å². The molecule has 0 unspecified atom stereocenters. The Morgan fingerprint density at radius 2 is 1.77 bits per heavy atom. The van der Waals surface area contributed by atoms with Gasteiger partial charge in [0, 0.05) is 8.95 Å². The van der Waals surface area contributed by atoms with Gasteiger partial charge in [-0.2, -0.15) is 0 Å². The number of anilines is 1. The van der Waals surface area contributed by atoms with Crippen LogP contribution in [0.2, 0.25) is 0 Å². The first-order chi connectivity index (χ1) is 12.4. The molecule has 0 atom stereocenters. The van der Waals surface area contributed by atoms with Crippen LogP contribution in [0.1, 0.15) is 25.3 Å². The molecule has 0 N–H and O–H groups in total. The van der Waals surface area contributed by atoms with Crippen LogP contribution in [0.4, 0.5) is 5.69 Å². The van der Waals surface area contributed by atoms with Crippen LogP contribution in [-0.2, 0) is 30.2 Å². The minimum Gasteiger partial charge on any atom is -0.466 e. The van der Waals surface area contributed by atoms with Crippen molar-refractivity contribution in [2.45, 2.75) is 26.2 Å². The van der Waals surface area contributed by atoms with Crippen molar-refractivity contribution in [1.29, 1.82) is 0 Å². The molecule has 6 nitrogen and oxygen atoms in total. The summed E-state index contributed by atoms with van der Waals surface area (Å²) < 4.78 is 16.8. The second-order valence-corrected chi connectivity index (χ2v) is 7.44. The highest BCUT2D eigenvalue weighted by molar-refractivity contribution is 9.11. The molecule has 0 aliphatic carbocycles. The van der Waals surface area contributed by atoms with Crippen molar-refractivity contribution in [3.63, 3.8) is 0 Å². The number of nitrogens with zero attached hydrogens (tertiary/aromatic N) is 1. The lowest BCUT2D eigenvalue weighted by Crippen LogP contribution is -2.39. The average Bonchev–Trinajstić information content (AvgIpc) is 2.64. The van der Waals surface area contributed by atoms with E-state index in [9.17, 15) is 9.59 Å². The normalized spacial score (nSPS) is 14.4. The van der Waals surface area contributed by atoms with Gasteiger partial charge in [-0.15, -0.1) is 0 Å². The number of aryl methyl sites for hydroxylation is 1. The third-order valence-electron chi connectivity index (χ3n) is 4.00. The van der Waals surface area contributed by atoms with Crippen molar-refractivity contribution in [2.75, 3.05) is 32.5 Å². The summed E-state index contributed by atoms with van der Waals surface area (Å²) in [5.41, 5.74) is 2.10. The van der Waals surface area contributed by atoms with Crippen LogP contribution in [0.15, 0.2) is 32.3 Å². The molecular weight excluding hydrogens is 470 g/mol. The first-order valence-electron chi connectivity index (χ1n) is 8.17. The SMILES string of the molecule is CCCCc1cc(Br)c(N2COCC(C(=O)OC)=C2C(=O)OC)c(Br)c1. The summed E-state index contributed by atoms with van der Waals surface area (Å²) in [4.78, 5) is 26.1. The molecule has 0 spiro atoms. The van der Waals surface area contributed by atoms with Gasteiger partial charge in [0.15, 0.2) is 0 Å². The van der Waals surface area contributed by atoms with Crippen LogP contribution in [0.3, 0.4) is 0 Å². The van der Waals surface area contributed by atoms with Crippen molar-refractivity contribution < 1.29 is 23.8 Å². The van der Waals surface area contributed by atoms with Gasteiger partial charge in [-0.3, -0.25) is 0 Å². The van der Waals surface area contributed by atoms with Crippen LogP contribution >= 0.6 is 31.9 Å². The number of methoxy groups -OCH3 is 2. The Bertz CT molecular complexity index is 709.